The minimum Gasteiger partial charge on any atom is -0.496 e. The van der Waals surface area contributed by atoms with Crippen molar-refractivity contribution < 1.29 is 9.53 Å². The van der Waals surface area contributed by atoms with Crippen LogP contribution >= 0.6 is 44.1 Å². The van der Waals surface area contributed by atoms with Gasteiger partial charge in [0.15, 0.2) is 5.11 Å². The predicted molar refractivity (Wildman–Crippen MR) is 96.3 cm³/mol. The van der Waals surface area contributed by atoms with Crippen molar-refractivity contribution in [3.05, 3.63) is 51.0 Å². The quantitative estimate of drug-likeness (QED) is 0.706. The van der Waals surface area contributed by atoms with Gasteiger partial charge in [0.2, 0.25) is 0 Å². The van der Waals surface area contributed by atoms with E-state index in [0.717, 1.165) is 8.95 Å². The van der Waals surface area contributed by atoms with Gasteiger partial charge in [0, 0.05) is 15.1 Å². The molecule has 2 rings (SSSR count). The normalized spacial score (nSPS) is 9.95. The minimum atomic E-state index is -0.368. The second-order valence-electron chi connectivity index (χ2n) is 4.11. The summed E-state index contributed by atoms with van der Waals surface area (Å²) in [5.74, 6) is 0.632. The van der Waals surface area contributed by atoms with Crippen LogP contribution in [0.25, 0.3) is 0 Å². The Morgan fingerprint density at radius 1 is 1.23 bits per heavy atom. The Labute approximate surface area is 149 Å². The molecule has 114 valence electrons. The van der Waals surface area contributed by atoms with Gasteiger partial charge in [-0.25, -0.2) is 4.98 Å². The van der Waals surface area contributed by atoms with Gasteiger partial charge in [0.05, 0.1) is 12.7 Å². The number of methoxy groups -OCH3 is 1. The molecule has 0 spiro atoms. The zero-order valence-electron chi connectivity index (χ0n) is 11.4. The van der Waals surface area contributed by atoms with Crippen LogP contribution in [0.5, 0.6) is 5.75 Å². The SMILES string of the molecule is COc1ccc(Br)cc1C(=O)NC(=S)Nc1ccc(Br)cn1. The number of rotatable bonds is 3. The maximum atomic E-state index is 12.3. The molecule has 0 aliphatic heterocycles. The average molecular weight is 445 g/mol. The number of nitrogens with one attached hydrogen (secondary N) is 2. The van der Waals surface area contributed by atoms with Gasteiger partial charge >= 0.3 is 0 Å². The van der Waals surface area contributed by atoms with E-state index >= 15 is 0 Å². The number of nitrogens with zero attached hydrogens (tertiary/aromatic N) is 1. The molecule has 2 aromatic rings. The molecule has 0 radical (unpaired) electrons. The first-order valence-electron chi connectivity index (χ1n) is 6.07. The van der Waals surface area contributed by atoms with Crippen molar-refractivity contribution >= 4 is 60.9 Å². The molecule has 5 nitrogen and oxygen atoms in total. The van der Waals surface area contributed by atoms with Crippen LogP contribution in [0.15, 0.2) is 45.5 Å². The fourth-order valence-corrected chi connectivity index (χ4v) is 2.42. The third-order valence-electron chi connectivity index (χ3n) is 2.60. The first kappa shape index (κ1) is 16.9. The number of thiocarbonyl (C=S) groups is 1. The number of carbonyl (C=O) groups excluding carboxylic acids is 1. The Morgan fingerprint density at radius 2 is 1.95 bits per heavy atom. The number of anilines is 1. The molecular formula is C14H11Br2N3O2S. The van der Waals surface area contributed by atoms with Crippen LogP contribution in [0.4, 0.5) is 5.82 Å². The molecule has 1 aromatic carbocycles. The first-order valence-corrected chi connectivity index (χ1v) is 8.06. The minimum absolute atomic E-state index is 0.154. The van der Waals surface area contributed by atoms with E-state index < -0.39 is 0 Å². The lowest BCUT2D eigenvalue weighted by Gasteiger charge is -2.11. The summed E-state index contributed by atoms with van der Waals surface area (Å²) in [7, 11) is 1.50. The Morgan fingerprint density at radius 3 is 2.59 bits per heavy atom. The van der Waals surface area contributed by atoms with Crippen LogP contribution in [-0.2, 0) is 0 Å². The molecule has 0 bridgehead atoms. The highest BCUT2D eigenvalue weighted by atomic mass is 79.9. The highest BCUT2D eigenvalue weighted by Crippen LogP contribution is 2.22. The van der Waals surface area contributed by atoms with Gasteiger partial charge in [-0.05, 0) is 58.5 Å². The molecule has 1 aromatic heterocycles. The van der Waals surface area contributed by atoms with Gasteiger partial charge in [0.1, 0.15) is 11.6 Å². The zero-order valence-corrected chi connectivity index (χ0v) is 15.4. The third-order valence-corrected chi connectivity index (χ3v) is 3.77. The van der Waals surface area contributed by atoms with E-state index in [1.807, 2.05) is 6.07 Å². The van der Waals surface area contributed by atoms with E-state index in [9.17, 15) is 4.79 Å². The molecule has 0 fully saturated rings. The number of pyridine rings is 1. The third kappa shape index (κ3) is 4.49. The van der Waals surface area contributed by atoms with E-state index in [0.29, 0.717) is 17.1 Å². The predicted octanol–water partition coefficient (Wildman–Crippen LogP) is 3.74. The summed E-state index contributed by atoms with van der Waals surface area (Å²) >= 11 is 11.7. The van der Waals surface area contributed by atoms with Gasteiger partial charge in [-0.3, -0.25) is 10.1 Å². The molecule has 0 aliphatic rings. The number of ether oxygens (including phenoxy) is 1. The number of aromatic nitrogens is 1. The number of benzene rings is 1. The van der Waals surface area contributed by atoms with Crippen molar-refractivity contribution in [3.8, 4) is 5.75 Å². The van der Waals surface area contributed by atoms with Gasteiger partial charge < -0.3 is 10.1 Å². The number of carbonyl (C=O) groups is 1. The van der Waals surface area contributed by atoms with Crippen LogP contribution in [-0.4, -0.2) is 23.1 Å². The van der Waals surface area contributed by atoms with Crippen molar-refractivity contribution in [3.63, 3.8) is 0 Å². The van der Waals surface area contributed by atoms with Crippen molar-refractivity contribution in [2.45, 2.75) is 0 Å². The van der Waals surface area contributed by atoms with E-state index in [1.165, 1.54) is 7.11 Å². The molecule has 22 heavy (non-hydrogen) atoms. The Bertz CT molecular complexity index is 708. The summed E-state index contributed by atoms with van der Waals surface area (Å²) < 4.78 is 6.80. The molecule has 1 amide bonds. The summed E-state index contributed by atoms with van der Waals surface area (Å²) in [6.07, 6.45) is 1.63. The Kier molecular flexibility index (Phi) is 5.87. The van der Waals surface area contributed by atoms with E-state index in [-0.39, 0.29) is 11.0 Å². The monoisotopic (exact) mass is 443 g/mol. The average Bonchev–Trinajstić information content (AvgIpc) is 2.49. The van der Waals surface area contributed by atoms with Crippen molar-refractivity contribution in [1.82, 2.24) is 10.3 Å². The maximum Gasteiger partial charge on any atom is 0.261 e. The largest absolute Gasteiger partial charge is 0.496 e. The molecule has 0 atom stereocenters. The zero-order chi connectivity index (χ0) is 16.1. The summed E-state index contributed by atoms with van der Waals surface area (Å²) in [6, 6.07) is 8.71. The smallest absolute Gasteiger partial charge is 0.261 e. The molecule has 1 heterocycles. The second-order valence-corrected chi connectivity index (χ2v) is 6.35. The number of hydrogen-bond donors (Lipinski definition) is 2. The number of hydrogen-bond acceptors (Lipinski definition) is 4. The van der Waals surface area contributed by atoms with E-state index in [1.54, 1.807) is 30.5 Å². The molecule has 0 saturated carbocycles. The molecular weight excluding hydrogens is 434 g/mol. The van der Waals surface area contributed by atoms with Crippen LogP contribution in [0.1, 0.15) is 10.4 Å². The van der Waals surface area contributed by atoms with Crippen LogP contribution in [0, 0.1) is 0 Å². The fraction of sp³-hybridized carbons (Fsp3) is 0.0714. The lowest BCUT2D eigenvalue weighted by Crippen LogP contribution is -2.34. The molecule has 0 unspecified atom stereocenters. The van der Waals surface area contributed by atoms with Gasteiger partial charge in [0.25, 0.3) is 5.91 Å². The van der Waals surface area contributed by atoms with E-state index in [4.69, 9.17) is 17.0 Å². The lowest BCUT2D eigenvalue weighted by atomic mass is 10.2. The Hall–Kier alpha value is -1.51. The fourth-order valence-electron chi connectivity index (χ4n) is 1.63. The summed E-state index contributed by atoms with van der Waals surface area (Å²) in [5.41, 5.74) is 0.379. The van der Waals surface area contributed by atoms with Gasteiger partial charge in [-0.2, -0.15) is 0 Å². The summed E-state index contributed by atoms with van der Waals surface area (Å²) in [5, 5.41) is 5.58. The Balaban J connectivity index is 2.06. The van der Waals surface area contributed by atoms with Crippen molar-refractivity contribution in [1.29, 1.82) is 0 Å². The van der Waals surface area contributed by atoms with E-state index in [2.05, 4.69) is 47.5 Å². The molecule has 8 heteroatoms. The van der Waals surface area contributed by atoms with Crippen molar-refractivity contribution in [2.24, 2.45) is 0 Å². The number of halogens is 2. The molecule has 2 N–H and O–H groups in total. The van der Waals surface area contributed by atoms with Gasteiger partial charge in [-0.15, -0.1) is 0 Å². The second kappa shape index (κ2) is 7.66. The number of amides is 1. The molecule has 0 aliphatic carbocycles. The highest BCUT2D eigenvalue weighted by molar-refractivity contribution is 9.10. The summed E-state index contributed by atoms with van der Waals surface area (Å²) in [6.45, 7) is 0. The topological polar surface area (TPSA) is 63.2 Å². The van der Waals surface area contributed by atoms with Crippen LogP contribution < -0.4 is 15.4 Å². The van der Waals surface area contributed by atoms with Crippen LogP contribution in [0.2, 0.25) is 0 Å². The first-order chi connectivity index (χ1) is 10.5. The lowest BCUT2D eigenvalue weighted by molar-refractivity contribution is 0.0974. The highest BCUT2D eigenvalue weighted by Gasteiger charge is 2.14. The van der Waals surface area contributed by atoms with Gasteiger partial charge in [-0.1, -0.05) is 15.9 Å². The van der Waals surface area contributed by atoms with Crippen LogP contribution in [0.3, 0.4) is 0 Å². The maximum absolute atomic E-state index is 12.3. The summed E-state index contributed by atoms with van der Waals surface area (Å²) in [4.78, 5) is 16.4. The van der Waals surface area contributed by atoms with Crippen molar-refractivity contribution in [2.75, 3.05) is 12.4 Å². The molecule has 0 saturated heterocycles. The standard InChI is InChI=1S/C14H11Br2N3O2S/c1-21-11-4-2-8(15)6-10(11)13(20)19-14(22)18-12-5-3-9(16)7-17-12/h2-7H,1H3,(H2,17,18,19,20,22).